The number of benzene rings is 1. The maximum Gasteiger partial charge on any atom is 0.331 e. The molecule has 0 fully saturated rings. The van der Waals surface area contributed by atoms with Crippen LogP contribution in [0.25, 0.3) is 6.08 Å². The Hall–Kier alpha value is -2.83. The third-order valence-corrected chi connectivity index (χ3v) is 3.01. The zero-order valence-electron chi connectivity index (χ0n) is 15.8. The number of carbonyl (C=O) groups is 3. The van der Waals surface area contributed by atoms with Crippen LogP contribution in [0, 0.1) is 0 Å². The number of imide groups is 1. The molecule has 2 N–H and O–H groups in total. The van der Waals surface area contributed by atoms with Crippen LogP contribution in [0.5, 0.6) is 5.75 Å². The highest BCUT2D eigenvalue weighted by Gasteiger charge is 2.21. The number of carbonyl (C=O) groups excluding carboxylic acids is 3. The van der Waals surface area contributed by atoms with E-state index < -0.39 is 29.6 Å². The number of hydrogen-bond acceptors (Lipinski definition) is 5. The highest BCUT2D eigenvalue weighted by molar-refractivity contribution is 5.98. The zero-order valence-corrected chi connectivity index (χ0v) is 15.8. The van der Waals surface area contributed by atoms with Gasteiger partial charge in [-0.2, -0.15) is 0 Å². The molecule has 1 aromatic rings. The Morgan fingerprint density at radius 1 is 1.19 bits per heavy atom. The number of urea groups is 1. The molecule has 1 atom stereocenters. The minimum absolute atomic E-state index is 0.485. The maximum atomic E-state index is 11.9. The Bertz CT molecular complexity index is 677. The number of rotatable bonds is 6. The van der Waals surface area contributed by atoms with E-state index in [2.05, 4.69) is 10.6 Å². The summed E-state index contributed by atoms with van der Waals surface area (Å²) in [6, 6.07) is 6.58. The van der Waals surface area contributed by atoms with Crippen LogP contribution in [0.1, 0.15) is 40.2 Å². The van der Waals surface area contributed by atoms with Gasteiger partial charge in [0.05, 0.1) is 6.61 Å². The molecular formula is C19H26N2O5. The van der Waals surface area contributed by atoms with Crippen molar-refractivity contribution in [1.29, 1.82) is 0 Å². The lowest BCUT2D eigenvalue weighted by Crippen LogP contribution is -2.50. The molecule has 0 unspecified atom stereocenters. The average molecular weight is 362 g/mol. The highest BCUT2D eigenvalue weighted by atomic mass is 16.5. The lowest BCUT2D eigenvalue weighted by Gasteiger charge is -2.21. The van der Waals surface area contributed by atoms with E-state index in [-0.39, 0.29) is 0 Å². The van der Waals surface area contributed by atoms with Gasteiger partial charge in [0.2, 0.25) is 0 Å². The molecule has 26 heavy (non-hydrogen) atoms. The number of hydrogen-bond donors (Lipinski definition) is 2. The highest BCUT2D eigenvalue weighted by Crippen LogP contribution is 2.19. The second kappa shape index (κ2) is 9.60. The van der Waals surface area contributed by atoms with E-state index in [1.54, 1.807) is 39.0 Å². The molecule has 142 valence electrons. The van der Waals surface area contributed by atoms with E-state index in [0.29, 0.717) is 17.9 Å². The number of ether oxygens (including phenoxy) is 2. The van der Waals surface area contributed by atoms with E-state index in [9.17, 15) is 14.4 Å². The zero-order chi connectivity index (χ0) is 19.7. The molecule has 0 spiro atoms. The summed E-state index contributed by atoms with van der Waals surface area (Å²) in [6.45, 7) is 9.11. The molecule has 0 heterocycles. The fraction of sp³-hybridized carbons (Fsp3) is 0.421. The third kappa shape index (κ3) is 7.83. The summed E-state index contributed by atoms with van der Waals surface area (Å²) in [5.41, 5.74) is 0.231. The van der Waals surface area contributed by atoms with Gasteiger partial charge in [0.1, 0.15) is 5.75 Å². The SMILES string of the molecule is CCOc1ccccc1/C=C/C(=O)O[C@@H](C)C(=O)NC(=O)NC(C)(C)C. The second-order valence-corrected chi connectivity index (χ2v) is 6.58. The minimum atomic E-state index is -1.11. The van der Waals surface area contributed by atoms with Gasteiger partial charge < -0.3 is 14.8 Å². The standard InChI is InChI=1S/C19H26N2O5/c1-6-25-15-10-8-7-9-14(15)11-12-16(22)26-13(2)17(23)20-18(24)21-19(3,4)5/h7-13H,6H2,1-5H3,(H2,20,21,23,24)/b12-11+/t13-/m0/s1. The first-order valence-corrected chi connectivity index (χ1v) is 8.36. The fourth-order valence-electron chi connectivity index (χ4n) is 1.92. The molecule has 1 rings (SSSR count). The van der Waals surface area contributed by atoms with E-state index >= 15 is 0 Å². The first-order chi connectivity index (χ1) is 12.1. The lowest BCUT2D eigenvalue weighted by atomic mass is 10.1. The van der Waals surface area contributed by atoms with Crippen LogP contribution in [0.4, 0.5) is 4.79 Å². The molecule has 0 bridgehead atoms. The summed E-state index contributed by atoms with van der Waals surface area (Å²) in [7, 11) is 0. The van der Waals surface area contributed by atoms with Crippen molar-refractivity contribution in [3.63, 3.8) is 0 Å². The van der Waals surface area contributed by atoms with Crippen LogP contribution >= 0.6 is 0 Å². The molecule has 0 saturated heterocycles. The molecule has 0 radical (unpaired) electrons. The molecule has 0 aromatic heterocycles. The predicted molar refractivity (Wildman–Crippen MR) is 98.6 cm³/mol. The number of nitrogens with one attached hydrogen (secondary N) is 2. The summed E-state index contributed by atoms with van der Waals surface area (Å²) < 4.78 is 10.5. The van der Waals surface area contributed by atoms with E-state index in [4.69, 9.17) is 9.47 Å². The third-order valence-electron chi connectivity index (χ3n) is 3.01. The van der Waals surface area contributed by atoms with Crippen molar-refractivity contribution in [2.45, 2.75) is 46.3 Å². The van der Waals surface area contributed by atoms with Crippen LogP contribution < -0.4 is 15.4 Å². The monoisotopic (exact) mass is 362 g/mol. The average Bonchev–Trinajstić information content (AvgIpc) is 2.52. The Kier molecular flexibility index (Phi) is 7.83. The van der Waals surface area contributed by atoms with Gasteiger partial charge in [0, 0.05) is 17.2 Å². The summed E-state index contributed by atoms with van der Waals surface area (Å²) >= 11 is 0. The number of para-hydroxylation sites is 1. The summed E-state index contributed by atoms with van der Waals surface area (Å²) in [5, 5.41) is 4.71. The summed E-state index contributed by atoms with van der Waals surface area (Å²) in [4.78, 5) is 35.4. The smallest absolute Gasteiger partial charge is 0.331 e. The van der Waals surface area contributed by atoms with Crippen LogP contribution in [-0.4, -0.2) is 36.2 Å². The molecule has 0 aliphatic carbocycles. The van der Waals surface area contributed by atoms with E-state index in [0.717, 1.165) is 0 Å². The quantitative estimate of drug-likeness (QED) is 0.599. The molecule has 7 heteroatoms. The first kappa shape index (κ1) is 21.2. The van der Waals surface area contributed by atoms with Gasteiger partial charge >= 0.3 is 12.0 Å². The van der Waals surface area contributed by atoms with Crippen molar-refractivity contribution < 1.29 is 23.9 Å². The van der Waals surface area contributed by atoms with Crippen molar-refractivity contribution in [1.82, 2.24) is 10.6 Å². The molecule has 7 nitrogen and oxygen atoms in total. The fourth-order valence-corrected chi connectivity index (χ4v) is 1.92. The predicted octanol–water partition coefficient (Wildman–Crippen LogP) is 2.65. The van der Waals surface area contributed by atoms with E-state index in [1.807, 2.05) is 19.1 Å². The van der Waals surface area contributed by atoms with Crippen molar-refractivity contribution in [3.05, 3.63) is 35.9 Å². The Morgan fingerprint density at radius 3 is 2.46 bits per heavy atom. The van der Waals surface area contributed by atoms with Gasteiger partial charge in [-0.25, -0.2) is 9.59 Å². The van der Waals surface area contributed by atoms with Gasteiger partial charge in [-0.15, -0.1) is 0 Å². The largest absolute Gasteiger partial charge is 0.493 e. The van der Waals surface area contributed by atoms with Gasteiger partial charge in [-0.3, -0.25) is 10.1 Å². The molecule has 1 aromatic carbocycles. The molecule has 0 aliphatic rings. The number of esters is 1. The Balaban J connectivity index is 2.59. The summed E-state index contributed by atoms with van der Waals surface area (Å²) in [5.74, 6) is -0.762. The lowest BCUT2D eigenvalue weighted by molar-refractivity contribution is -0.149. The molecule has 0 aliphatic heterocycles. The maximum absolute atomic E-state index is 11.9. The van der Waals surface area contributed by atoms with Gasteiger partial charge in [0.25, 0.3) is 5.91 Å². The van der Waals surface area contributed by atoms with Crippen LogP contribution in [-0.2, 0) is 14.3 Å². The van der Waals surface area contributed by atoms with Crippen LogP contribution in [0.15, 0.2) is 30.3 Å². The van der Waals surface area contributed by atoms with Crippen molar-refractivity contribution in [2.24, 2.45) is 0 Å². The second-order valence-electron chi connectivity index (χ2n) is 6.58. The minimum Gasteiger partial charge on any atom is -0.493 e. The van der Waals surface area contributed by atoms with Crippen molar-refractivity contribution in [3.8, 4) is 5.75 Å². The molecule has 3 amide bonds. The molecular weight excluding hydrogens is 336 g/mol. The normalized spacial score (nSPS) is 12.3. The Labute approximate surface area is 153 Å². The number of amides is 3. The van der Waals surface area contributed by atoms with Gasteiger partial charge in [-0.05, 0) is 46.8 Å². The van der Waals surface area contributed by atoms with E-state index in [1.165, 1.54) is 13.0 Å². The van der Waals surface area contributed by atoms with Gasteiger partial charge in [0.15, 0.2) is 6.10 Å². The molecule has 0 saturated carbocycles. The van der Waals surface area contributed by atoms with Gasteiger partial charge in [-0.1, -0.05) is 18.2 Å². The topological polar surface area (TPSA) is 93.7 Å². The van der Waals surface area contributed by atoms with Crippen LogP contribution in [0.3, 0.4) is 0 Å². The van der Waals surface area contributed by atoms with Crippen molar-refractivity contribution in [2.75, 3.05) is 6.61 Å². The van der Waals surface area contributed by atoms with Crippen molar-refractivity contribution >= 4 is 24.0 Å². The summed E-state index contributed by atoms with van der Waals surface area (Å²) in [6.07, 6.45) is 1.64. The first-order valence-electron chi connectivity index (χ1n) is 8.36. The van der Waals surface area contributed by atoms with Crippen LogP contribution in [0.2, 0.25) is 0 Å². The Morgan fingerprint density at radius 2 is 1.85 bits per heavy atom.